The highest BCUT2D eigenvalue weighted by molar-refractivity contribution is 5.82. The van der Waals surface area contributed by atoms with Crippen LogP contribution in [0.2, 0.25) is 0 Å². The van der Waals surface area contributed by atoms with Gasteiger partial charge in [-0.15, -0.1) is 0 Å². The highest BCUT2D eigenvalue weighted by Gasteiger charge is 2.19. The number of nitrogens with zero attached hydrogens (tertiary/aromatic N) is 1. The van der Waals surface area contributed by atoms with E-state index in [0.29, 0.717) is 17.9 Å². The summed E-state index contributed by atoms with van der Waals surface area (Å²) in [5.41, 5.74) is 2.23. The first-order valence-corrected chi connectivity index (χ1v) is 8.82. The lowest BCUT2D eigenvalue weighted by Crippen LogP contribution is -2.29. The van der Waals surface area contributed by atoms with Crippen molar-refractivity contribution < 1.29 is 14.3 Å². The Hall–Kier alpha value is -3.62. The molecule has 1 unspecified atom stereocenters. The first-order chi connectivity index (χ1) is 13.7. The van der Waals surface area contributed by atoms with Crippen molar-refractivity contribution in [2.45, 2.75) is 12.6 Å². The maximum atomic E-state index is 12.5. The summed E-state index contributed by atoms with van der Waals surface area (Å²) in [5, 5.41) is 11.7. The Kier molecular flexibility index (Phi) is 6.40. The van der Waals surface area contributed by atoms with Gasteiger partial charge in [-0.3, -0.25) is 4.79 Å². The van der Waals surface area contributed by atoms with Gasteiger partial charge in [-0.05, 0) is 47.5 Å². The van der Waals surface area contributed by atoms with Crippen molar-refractivity contribution in [3.8, 4) is 17.6 Å². The maximum absolute atomic E-state index is 12.5. The number of hydrogen-bond donors (Lipinski definition) is 1. The van der Waals surface area contributed by atoms with Gasteiger partial charge in [0.1, 0.15) is 11.5 Å². The van der Waals surface area contributed by atoms with E-state index in [2.05, 4.69) is 11.4 Å². The van der Waals surface area contributed by atoms with Crippen LogP contribution in [0.4, 0.5) is 0 Å². The third-order valence-corrected chi connectivity index (χ3v) is 4.19. The van der Waals surface area contributed by atoms with Crippen LogP contribution in [0, 0.1) is 11.3 Å². The minimum atomic E-state index is -0.718. The smallest absolute Gasteiger partial charge is 0.254 e. The van der Waals surface area contributed by atoms with Crippen LogP contribution >= 0.6 is 0 Å². The lowest BCUT2D eigenvalue weighted by molar-refractivity contribution is -0.131. The number of para-hydroxylation sites is 1. The zero-order valence-corrected chi connectivity index (χ0v) is 15.5. The topological polar surface area (TPSA) is 71.3 Å². The van der Waals surface area contributed by atoms with Gasteiger partial charge in [0.25, 0.3) is 5.91 Å². The minimum Gasteiger partial charge on any atom is -0.457 e. The van der Waals surface area contributed by atoms with Crippen LogP contribution in [0.25, 0.3) is 0 Å². The quantitative estimate of drug-likeness (QED) is 0.669. The lowest BCUT2D eigenvalue weighted by Gasteiger charge is -2.16. The standard InChI is InChI=1S/C23H20N2O3/c1-27-22(23(26)25-16-18-9-7-17(15-24)8-10-18)19-11-13-21(14-12-19)28-20-5-3-2-4-6-20/h2-14,22H,16H2,1H3,(H,25,26). The molecule has 5 heteroatoms. The fourth-order valence-electron chi connectivity index (χ4n) is 2.71. The highest BCUT2D eigenvalue weighted by Crippen LogP contribution is 2.24. The molecule has 0 saturated heterocycles. The molecule has 1 atom stereocenters. The Balaban J connectivity index is 1.61. The van der Waals surface area contributed by atoms with E-state index in [0.717, 1.165) is 16.9 Å². The number of nitriles is 1. The second kappa shape index (κ2) is 9.36. The molecule has 140 valence electrons. The van der Waals surface area contributed by atoms with Crippen LogP contribution in [0.5, 0.6) is 11.5 Å². The molecule has 5 nitrogen and oxygen atoms in total. The van der Waals surface area contributed by atoms with Crippen molar-refractivity contribution in [1.82, 2.24) is 5.32 Å². The van der Waals surface area contributed by atoms with E-state index in [-0.39, 0.29) is 5.91 Å². The van der Waals surface area contributed by atoms with E-state index in [9.17, 15) is 4.79 Å². The molecule has 0 aliphatic carbocycles. The van der Waals surface area contributed by atoms with E-state index in [1.807, 2.05) is 66.7 Å². The molecule has 1 amide bonds. The predicted molar refractivity (Wildman–Crippen MR) is 106 cm³/mol. The fraction of sp³-hybridized carbons (Fsp3) is 0.130. The van der Waals surface area contributed by atoms with Gasteiger partial charge in [-0.25, -0.2) is 0 Å². The summed E-state index contributed by atoms with van der Waals surface area (Å²) < 4.78 is 11.2. The molecule has 0 spiro atoms. The van der Waals surface area contributed by atoms with Crippen molar-refractivity contribution in [1.29, 1.82) is 5.26 Å². The predicted octanol–water partition coefficient (Wildman–Crippen LogP) is 4.35. The average Bonchev–Trinajstić information content (AvgIpc) is 2.75. The Morgan fingerprint density at radius 1 is 0.964 bits per heavy atom. The zero-order chi connectivity index (χ0) is 19.8. The summed E-state index contributed by atoms with van der Waals surface area (Å²) in [6.07, 6.45) is -0.718. The molecule has 0 bridgehead atoms. The molecule has 0 aliphatic heterocycles. The summed E-state index contributed by atoms with van der Waals surface area (Å²) in [7, 11) is 1.50. The number of carbonyl (C=O) groups is 1. The number of hydrogen-bond acceptors (Lipinski definition) is 4. The molecule has 0 aromatic heterocycles. The number of methoxy groups -OCH3 is 1. The van der Waals surface area contributed by atoms with Crippen molar-refractivity contribution in [2.75, 3.05) is 7.11 Å². The van der Waals surface area contributed by atoms with Gasteiger partial charge < -0.3 is 14.8 Å². The zero-order valence-electron chi connectivity index (χ0n) is 15.5. The van der Waals surface area contributed by atoms with Crippen LogP contribution in [-0.4, -0.2) is 13.0 Å². The molecular weight excluding hydrogens is 352 g/mol. The molecule has 3 rings (SSSR count). The van der Waals surface area contributed by atoms with Gasteiger partial charge in [0.05, 0.1) is 11.6 Å². The van der Waals surface area contributed by atoms with Crippen LogP contribution < -0.4 is 10.1 Å². The average molecular weight is 372 g/mol. The molecule has 28 heavy (non-hydrogen) atoms. The van der Waals surface area contributed by atoms with Crippen LogP contribution in [0.15, 0.2) is 78.9 Å². The number of carbonyl (C=O) groups excluding carboxylic acids is 1. The normalized spacial score (nSPS) is 11.3. The first-order valence-electron chi connectivity index (χ1n) is 8.82. The summed E-state index contributed by atoms with van der Waals surface area (Å²) >= 11 is 0. The van der Waals surface area contributed by atoms with Crippen LogP contribution in [-0.2, 0) is 16.1 Å². The third kappa shape index (κ3) is 4.97. The monoisotopic (exact) mass is 372 g/mol. The number of amides is 1. The second-order valence-corrected chi connectivity index (χ2v) is 6.13. The van der Waals surface area contributed by atoms with Crippen LogP contribution in [0.3, 0.4) is 0 Å². The van der Waals surface area contributed by atoms with Crippen molar-refractivity contribution in [2.24, 2.45) is 0 Å². The number of ether oxygens (including phenoxy) is 2. The highest BCUT2D eigenvalue weighted by atomic mass is 16.5. The molecule has 0 heterocycles. The van der Waals surface area contributed by atoms with E-state index in [1.54, 1.807) is 12.1 Å². The molecule has 0 radical (unpaired) electrons. The van der Waals surface area contributed by atoms with Gasteiger partial charge in [0, 0.05) is 13.7 Å². The third-order valence-electron chi connectivity index (χ3n) is 4.19. The molecule has 0 fully saturated rings. The van der Waals surface area contributed by atoms with Gasteiger partial charge in [-0.1, -0.05) is 42.5 Å². The summed E-state index contributed by atoms with van der Waals surface area (Å²) in [6, 6.07) is 25.9. The van der Waals surface area contributed by atoms with Gasteiger partial charge in [0.15, 0.2) is 6.10 Å². The molecule has 3 aromatic carbocycles. The van der Waals surface area contributed by atoms with Crippen molar-refractivity contribution in [3.63, 3.8) is 0 Å². The molecular formula is C23H20N2O3. The molecule has 1 N–H and O–H groups in total. The van der Waals surface area contributed by atoms with Crippen molar-refractivity contribution >= 4 is 5.91 Å². The molecule has 0 saturated carbocycles. The summed E-state index contributed by atoms with van der Waals surface area (Å²) in [5.74, 6) is 1.20. The Morgan fingerprint density at radius 2 is 1.61 bits per heavy atom. The number of benzene rings is 3. The van der Waals surface area contributed by atoms with Crippen LogP contribution in [0.1, 0.15) is 22.8 Å². The van der Waals surface area contributed by atoms with E-state index in [1.165, 1.54) is 7.11 Å². The van der Waals surface area contributed by atoms with Gasteiger partial charge >= 0.3 is 0 Å². The lowest BCUT2D eigenvalue weighted by atomic mass is 10.1. The van der Waals surface area contributed by atoms with E-state index < -0.39 is 6.10 Å². The maximum Gasteiger partial charge on any atom is 0.254 e. The SMILES string of the molecule is COC(C(=O)NCc1ccc(C#N)cc1)c1ccc(Oc2ccccc2)cc1. The van der Waals surface area contributed by atoms with E-state index >= 15 is 0 Å². The Bertz CT molecular complexity index is 946. The first kappa shape index (κ1) is 19.2. The van der Waals surface area contributed by atoms with E-state index in [4.69, 9.17) is 14.7 Å². The Labute approximate surface area is 164 Å². The number of nitrogens with one attached hydrogen (secondary N) is 1. The molecule has 0 aliphatic rings. The summed E-state index contributed by atoms with van der Waals surface area (Å²) in [6.45, 7) is 0.361. The molecule has 3 aromatic rings. The van der Waals surface area contributed by atoms with Gasteiger partial charge in [0.2, 0.25) is 0 Å². The summed E-state index contributed by atoms with van der Waals surface area (Å²) in [4.78, 5) is 12.5. The minimum absolute atomic E-state index is 0.233. The Morgan fingerprint density at radius 3 is 2.21 bits per heavy atom. The second-order valence-electron chi connectivity index (χ2n) is 6.13. The largest absolute Gasteiger partial charge is 0.457 e. The van der Waals surface area contributed by atoms with Crippen molar-refractivity contribution in [3.05, 3.63) is 95.6 Å². The fourth-order valence-corrected chi connectivity index (χ4v) is 2.71. The number of rotatable bonds is 7. The van der Waals surface area contributed by atoms with Gasteiger partial charge in [-0.2, -0.15) is 5.26 Å².